The molecule has 0 radical (unpaired) electrons. The van der Waals surface area contributed by atoms with Crippen molar-refractivity contribution in [1.29, 1.82) is 0 Å². The van der Waals surface area contributed by atoms with Crippen molar-refractivity contribution in [2.45, 2.75) is 132 Å². The summed E-state index contributed by atoms with van der Waals surface area (Å²) in [5.41, 5.74) is 0. The molecular weight excluding hydrogens is 611 g/mol. The molecule has 0 spiro atoms. The molecule has 1 rings (SSSR count). The van der Waals surface area contributed by atoms with Crippen LogP contribution in [0, 0.1) is 5.92 Å². The van der Waals surface area contributed by atoms with Gasteiger partial charge in [0, 0.05) is 24.5 Å². The molecule has 0 aromatic heterocycles. The smallest absolute Gasteiger partial charge is 0.306 e. The van der Waals surface area contributed by atoms with Crippen LogP contribution in [-0.2, 0) is 14.4 Å². The molecule has 230 valence electrons. The maximum absolute atomic E-state index is 11.8. The molecule has 0 aromatic carbocycles. The number of amides is 1. The number of carboxylic acids is 2. The number of carbonyl (C=O) groups is 3. The van der Waals surface area contributed by atoms with Gasteiger partial charge < -0.3 is 15.5 Å². The second kappa shape index (κ2) is 27.3. The summed E-state index contributed by atoms with van der Waals surface area (Å²) in [4.78, 5) is 32.9. The zero-order valence-electron chi connectivity index (χ0n) is 23.6. The van der Waals surface area contributed by atoms with E-state index in [2.05, 4.69) is 30.6 Å². The van der Waals surface area contributed by atoms with E-state index in [4.69, 9.17) is 10.2 Å². The van der Waals surface area contributed by atoms with Crippen molar-refractivity contribution in [3.8, 4) is 0 Å². The lowest BCUT2D eigenvalue weighted by Gasteiger charge is -2.07. The molecule has 12 heteroatoms. The molecule has 1 atom stereocenters. The Balaban J connectivity index is 0.00000152. The van der Waals surface area contributed by atoms with E-state index < -0.39 is 11.9 Å². The summed E-state index contributed by atoms with van der Waals surface area (Å²) in [6.07, 6.45) is 19.8. The summed E-state index contributed by atoms with van der Waals surface area (Å²) >= 11 is 8.38. The minimum atomic E-state index is -0.748. The summed E-state index contributed by atoms with van der Waals surface area (Å²) in [6, 6.07) is 0. The highest BCUT2D eigenvalue weighted by atomic mass is 33.2. The van der Waals surface area contributed by atoms with Crippen LogP contribution in [0.1, 0.15) is 129 Å². The van der Waals surface area contributed by atoms with Crippen LogP contribution in [0.4, 0.5) is 0 Å². The Morgan fingerprint density at radius 1 is 0.769 bits per heavy atom. The molecule has 39 heavy (non-hydrogen) atoms. The number of carbonyl (C=O) groups excluding carboxylic acids is 1. The van der Waals surface area contributed by atoms with E-state index in [1.54, 1.807) is 50.1 Å². The van der Waals surface area contributed by atoms with Gasteiger partial charge in [-0.3, -0.25) is 14.4 Å². The maximum Gasteiger partial charge on any atom is 0.306 e. The molecule has 0 bridgehead atoms. The minimum Gasteiger partial charge on any atom is -0.481 e. The summed E-state index contributed by atoms with van der Waals surface area (Å²) in [7, 11) is 7.11. The monoisotopic (exact) mass is 661 g/mol. The molecule has 3 N–H and O–H groups in total. The highest BCUT2D eigenvalue weighted by Crippen LogP contribution is 2.75. The van der Waals surface area contributed by atoms with Crippen molar-refractivity contribution in [1.82, 2.24) is 5.32 Å². The number of rotatable bonds is 26. The molecule has 0 saturated carbocycles. The van der Waals surface area contributed by atoms with Gasteiger partial charge in [-0.05, 0) is 47.3 Å². The standard InChI is InChI=1S/C25H47NO5.C2H4S6/c1-22(25(30)31)18-16-17-21-26-23(27)19-14-12-10-8-6-4-2-3-5-7-9-11-13-15-20-24(28)29;3-1-5-6-2(4)7-8-2/h22H,2-21H2,1H3,(H,26,27)(H,28,29)(H,30,31);3-4H,1H2/t22-;/m0./s1. The molecule has 0 unspecified atom stereocenters. The third-order valence-electron chi connectivity index (χ3n) is 6.29. The molecule has 6 nitrogen and oxygen atoms in total. The van der Waals surface area contributed by atoms with Crippen molar-refractivity contribution in [2.24, 2.45) is 5.92 Å². The van der Waals surface area contributed by atoms with E-state index in [9.17, 15) is 14.4 Å². The van der Waals surface area contributed by atoms with Crippen LogP contribution in [0.15, 0.2) is 0 Å². The lowest BCUT2D eigenvalue weighted by atomic mass is 10.0. The van der Waals surface area contributed by atoms with Crippen molar-refractivity contribution in [3.05, 3.63) is 0 Å². The summed E-state index contributed by atoms with van der Waals surface area (Å²) < 4.78 is 0.160. The predicted octanol–water partition coefficient (Wildman–Crippen LogP) is 9.51. The maximum atomic E-state index is 11.8. The predicted molar refractivity (Wildman–Crippen MR) is 181 cm³/mol. The van der Waals surface area contributed by atoms with Crippen molar-refractivity contribution >= 4 is 86.3 Å². The molecular formula is C27H51NO5S6. The van der Waals surface area contributed by atoms with Crippen LogP contribution in [-0.4, -0.2) is 42.4 Å². The molecule has 1 aliphatic heterocycles. The average Bonchev–Trinajstić information content (AvgIpc) is 3.64. The number of hydrogen-bond acceptors (Lipinski definition) is 9. The highest BCUT2D eigenvalue weighted by molar-refractivity contribution is 9.07. The van der Waals surface area contributed by atoms with E-state index in [1.165, 1.54) is 57.8 Å². The number of hydrogen-bond donors (Lipinski definition) is 5. The second-order valence-electron chi connectivity index (χ2n) is 9.95. The molecule has 1 heterocycles. The van der Waals surface area contributed by atoms with E-state index in [-0.39, 0.29) is 14.6 Å². The van der Waals surface area contributed by atoms with Gasteiger partial charge in [-0.15, -0.1) is 12.6 Å². The fourth-order valence-electron chi connectivity index (χ4n) is 3.86. The van der Waals surface area contributed by atoms with Crippen molar-refractivity contribution in [2.75, 3.05) is 11.6 Å². The lowest BCUT2D eigenvalue weighted by Crippen LogP contribution is -2.24. The number of thiol groups is 2. The van der Waals surface area contributed by atoms with Crippen LogP contribution in [0.2, 0.25) is 0 Å². The van der Waals surface area contributed by atoms with Crippen LogP contribution in [0.5, 0.6) is 0 Å². The molecule has 1 aliphatic rings. The molecule has 0 aromatic rings. The van der Waals surface area contributed by atoms with E-state index in [1.807, 2.05) is 0 Å². The first-order valence-corrected chi connectivity index (χ1v) is 20.0. The lowest BCUT2D eigenvalue weighted by molar-refractivity contribution is -0.141. The molecule has 1 fully saturated rings. The van der Waals surface area contributed by atoms with Gasteiger partial charge in [-0.25, -0.2) is 0 Å². The zero-order valence-corrected chi connectivity index (χ0v) is 28.6. The normalized spacial score (nSPS) is 14.2. The first-order chi connectivity index (χ1) is 18.7. The van der Waals surface area contributed by atoms with Crippen molar-refractivity contribution < 1.29 is 24.6 Å². The van der Waals surface area contributed by atoms with E-state index in [0.29, 0.717) is 25.8 Å². The molecule has 1 amide bonds. The third-order valence-corrected chi connectivity index (χ3v) is 15.2. The Kier molecular flexibility index (Phi) is 27.7. The largest absolute Gasteiger partial charge is 0.481 e. The fraction of sp³-hybridized carbons (Fsp3) is 0.889. The summed E-state index contributed by atoms with van der Waals surface area (Å²) in [5.74, 6) is -1.61. The first-order valence-electron chi connectivity index (χ1n) is 14.4. The highest BCUT2D eigenvalue weighted by Gasteiger charge is 2.43. The van der Waals surface area contributed by atoms with Crippen LogP contribution < -0.4 is 5.32 Å². The zero-order chi connectivity index (χ0) is 29.2. The van der Waals surface area contributed by atoms with Crippen LogP contribution in [0.25, 0.3) is 0 Å². The van der Waals surface area contributed by atoms with Gasteiger partial charge in [0.15, 0.2) is 2.74 Å². The number of aliphatic carboxylic acids is 2. The van der Waals surface area contributed by atoms with E-state index in [0.717, 1.165) is 50.0 Å². The average molecular weight is 662 g/mol. The Morgan fingerprint density at radius 3 is 1.64 bits per heavy atom. The molecule has 0 aliphatic carbocycles. The van der Waals surface area contributed by atoms with Gasteiger partial charge in [0.05, 0.1) is 5.92 Å². The van der Waals surface area contributed by atoms with Crippen LogP contribution >= 0.6 is 68.4 Å². The minimum absolute atomic E-state index is 0.119. The number of carboxylic acid groups (broad SMARTS) is 2. The number of nitrogens with one attached hydrogen (secondary N) is 1. The third kappa shape index (κ3) is 29.8. The van der Waals surface area contributed by atoms with Gasteiger partial charge in [0.25, 0.3) is 0 Å². The van der Waals surface area contributed by atoms with Gasteiger partial charge >= 0.3 is 11.9 Å². The number of unbranched alkanes of at least 4 members (excludes halogenated alkanes) is 14. The van der Waals surface area contributed by atoms with Gasteiger partial charge in [-0.1, -0.05) is 112 Å². The first kappa shape index (κ1) is 39.5. The van der Waals surface area contributed by atoms with Gasteiger partial charge in [0.1, 0.15) is 0 Å². The Labute approximate surface area is 263 Å². The van der Waals surface area contributed by atoms with Crippen molar-refractivity contribution in [3.63, 3.8) is 0 Å². The SMILES string of the molecule is C[C@@H](CCCCNC(=O)CCCCCCCCCCCCCCCCC(=O)O)C(=O)O.SCSSC1(S)SS1. The topological polar surface area (TPSA) is 104 Å². The fourth-order valence-corrected chi connectivity index (χ4v) is 9.63. The Hall–Kier alpha value is 0.510. The summed E-state index contributed by atoms with van der Waals surface area (Å²) in [5, 5.41) is 21.2. The summed E-state index contributed by atoms with van der Waals surface area (Å²) in [6.45, 7) is 2.37. The van der Waals surface area contributed by atoms with Gasteiger partial charge in [0.2, 0.25) is 5.91 Å². The quantitative estimate of drug-likeness (QED) is 0.0204. The Morgan fingerprint density at radius 2 is 1.23 bits per heavy atom. The van der Waals surface area contributed by atoms with E-state index >= 15 is 0 Å². The second-order valence-corrected chi connectivity index (χ2v) is 18.1. The molecule has 1 saturated heterocycles. The van der Waals surface area contributed by atoms with Crippen LogP contribution in [0.3, 0.4) is 0 Å². The Bertz CT molecular complexity index is 640. The van der Waals surface area contributed by atoms with Gasteiger partial charge in [-0.2, -0.15) is 12.6 Å².